The maximum atomic E-state index is 12.9. The normalized spacial score (nSPS) is 10.2. The summed E-state index contributed by atoms with van der Waals surface area (Å²) in [7, 11) is 0. The fraction of sp³-hybridized carbons (Fsp3) is 0.426. The van der Waals surface area contributed by atoms with Crippen LogP contribution in [0.15, 0.2) is 135 Å². The van der Waals surface area contributed by atoms with Crippen molar-refractivity contribution in [2.45, 2.75) is 119 Å². The molecule has 73 heavy (non-hydrogen) atoms. The lowest BCUT2D eigenvalue weighted by Crippen LogP contribution is -2.10. The van der Waals surface area contributed by atoms with Gasteiger partial charge in [0.2, 0.25) is 0 Å². The van der Waals surface area contributed by atoms with Gasteiger partial charge < -0.3 is 33.2 Å². The zero-order chi connectivity index (χ0) is 54.5. The van der Waals surface area contributed by atoms with Crippen molar-refractivity contribution < 1.29 is 57.1 Å². The van der Waals surface area contributed by atoms with E-state index in [1.165, 1.54) is 44.3 Å². The minimum Gasteiger partial charge on any atom is -0.494 e. The molecule has 0 spiro atoms. The molecule has 4 aromatic rings. The highest BCUT2D eigenvalue weighted by Crippen LogP contribution is 2.25. The molecule has 0 aliphatic rings. The van der Waals surface area contributed by atoms with E-state index in [-0.39, 0.29) is 18.3 Å². The summed E-state index contributed by atoms with van der Waals surface area (Å²) in [6, 6.07) is 22.4. The van der Waals surface area contributed by atoms with Gasteiger partial charge >= 0.3 is 17.9 Å². The fourth-order valence-electron chi connectivity index (χ4n) is 5.89. The molecular weight excluding hydrogens is 925 g/mol. The lowest BCUT2D eigenvalue weighted by Gasteiger charge is -2.09. The van der Waals surface area contributed by atoms with Crippen molar-refractivity contribution in [3.8, 4) is 11.5 Å². The average Bonchev–Trinajstić information content (AvgIpc) is 3.40. The van der Waals surface area contributed by atoms with Gasteiger partial charge in [-0.3, -0.25) is 9.59 Å². The van der Waals surface area contributed by atoms with Crippen molar-refractivity contribution in [1.82, 2.24) is 0 Å². The third-order valence-corrected chi connectivity index (χ3v) is 10.1. The quantitative estimate of drug-likeness (QED) is 0.00715. The van der Waals surface area contributed by atoms with Crippen LogP contribution in [0.4, 0.5) is 0 Å². The van der Waals surface area contributed by atoms with Crippen LogP contribution in [0.2, 0.25) is 0 Å². The molecule has 0 aliphatic heterocycles. The first kappa shape index (κ1) is 66.2. The second kappa shape index (κ2) is 44.0. The first-order chi connectivity index (χ1) is 35.3. The zero-order valence-electron chi connectivity index (χ0n) is 44.9. The van der Waals surface area contributed by atoms with E-state index in [0.29, 0.717) is 75.5 Å². The van der Waals surface area contributed by atoms with Crippen molar-refractivity contribution in [2.75, 3.05) is 46.2 Å². The van der Waals surface area contributed by atoms with Gasteiger partial charge in [-0.25, -0.2) is 14.4 Å². The van der Waals surface area contributed by atoms with Crippen LogP contribution in [-0.2, 0) is 38.1 Å². The number of carbonyl (C=O) groups excluding carboxylic acids is 5. The molecule has 0 bridgehead atoms. The van der Waals surface area contributed by atoms with Crippen LogP contribution in [-0.4, -0.2) is 76.9 Å². The molecule has 4 rings (SSSR count). The first-order valence-corrected chi connectivity index (χ1v) is 25.4. The molecule has 4 aromatic carbocycles. The van der Waals surface area contributed by atoms with Crippen LogP contribution in [0.25, 0.3) is 21.5 Å². The highest BCUT2D eigenvalue weighted by molar-refractivity contribution is 5.97. The fourth-order valence-corrected chi connectivity index (χ4v) is 5.89. The lowest BCUT2D eigenvalue weighted by atomic mass is 10.1. The number of hydrogen-bond donors (Lipinski definition) is 0. The van der Waals surface area contributed by atoms with E-state index < -0.39 is 11.9 Å². The molecule has 0 amide bonds. The highest BCUT2D eigenvalue weighted by Gasteiger charge is 2.12. The Bertz CT molecular complexity index is 2250. The van der Waals surface area contributed by atoms with Crippen LogP contribution in [0.1, 0.15) is 140 Å². The largest absolute Gasteiger partial charge is 0.494 e. The second-order valence-electron chi connectivity index (χ2n) is 16.8. The van der Waals surface area contributed by atoms with Crippen LogP contribution in [0.3, 0.4) is 0 Å². The Hall–Kier alpha value is -6.79. The standard InChI is InChI=1S/C42H48O8.C8H14O3.C5H12.C3H4O.C3H6/c1-3-5-6-7-11-24-47-39-21-19-32-27-36(17-15-34(32)29-39)41(44)49-26-13-14-38(4-2)50-42(45)37-18-16-35-30-40(22-20-33(35)28-37)48-25-12-9-8-10-23-46-31-43;1-4-10-5-6-11-8(9)7(2)3;1-4-5(2)3;1-2-3-4;1-3-2/h4,14-22,27-31H,2-3,5-13,23-26H2,1H3;2,4-6H2,1,3H3;5H,4H2,1-3H3;2-3H,1H2;3H,1H2,2H3/b38-14+;;;;. The predicted molar refractivity (Wildman–Crippen MR) is 296 cm³/mol. The zero-order valence-corrected chi connectivity index (χ0v) is 44.9. The Labute approximate surface area is 436 Å². The number of esters is 3. The SMILES string of the molecule is C=C(C)C(=O)OCCOCC.C=C/C(=C\CCOC(=O)c1ccc2cc(OCCCCCCC)ccc2c1)OC(=O)c1ccc2cc(OCCCCCCOC=O)ccc2c1.C=CC.C=CC=O.CCC(C)C. The van der Waals surface area contributed by atoms with Gasteiger partial charge in [-0.05, 0) is 147 Å². The van der Waals surface area contributed by atoms with Gasteiger partial charge in [0.05, 0.1) is 44.2 Å². The molecule has 0 aliphatic carbocycles. The minimum absolute atomic E-state index is 0.119. The average molecular weight is 1010 g/mol. The number of rotatable bonds is 30. The van der Waals surface area contributed by atoms with Crippen LogP contribution >= 0.6 is 0 Å². The first-order valence-electron chi connectivity index (χ1n) is 25.4. The molecule has 0 radical (unpaired) electrons. The number of carbonyl (C=O) groups is 5. The second-order valence-corrected chi connectivity index (χ2v) is 16.8. The van der Waals surface area contributed by atoms with Crippen LogP contribution in [0, 0.1) is 5.92 Å². The summed E-state index contributed by atoms with van der Waals surface area (Å²) in [4.78, 5) is 55.6. The predicted octanol–water partition coefficient (Wildman–Crippen LogP) is 14.7. The van der Waals surface area contributed by atoms with Gasteiger partial charge in [-0.1, -0.05) is 110 Å². The van der Waals surface area contributed by atoms with Gasteiger partial charge in [-0.2, -0.15) is 0 Å². The van der Waals surface area contributed by atoms with Crippen molar-refractivity contribution in [3.05, 3.63) is 146 Å². The smallest absolute Gasteiger partial charge is 0.343 e. The summed E-state index contributed by atoms with van der Waals surface area (Å²) in [6.45, 7) is 31.7. The van der Waals surface area contributed by atoms with Gasteiger partial charge in [0.15, 0.2) is 0 Å². The molecule has 12 heteroatoms. The summed E-state index contributed by atoms with van der Waals surface area (Å²) in [5.74, 6) is 1.47. The number of aldehydes is 1. The van der Waals surface area contributed by atoms with Crippen molar-refractivity contribution in [2.24, 2.45) is 5.92 Å². The molecule has 0 N–H and O–H groups in total. The monoisotopic (exact) mass is 1010 g/mol. The maximum Gasteiger partial charge on any atom is 0.343 e. The van der Waals surface area contributed by atoms with E-state index in [4.69, 9.17) is 38.0 Å². The Morgan fingerprint density at radius 2 is 1.10 bits per heavy atom. The molecule has 0 heterocycles. The van der Waals surface area contributed by atoms with E-state index in [2.05, 4.69) is 54.0 Å². The lowest BCUT2D eigenvalue weighted by molar-refractivity contribution is -0.140. The molecular formula is C61H84O12. The van der Waals surface area contributed by atoms with Crippen molar-refractivity contribution in [1.29, 1.82) is 0 Å². The number of benzene rings is 4. The Morgan fingerprint density at radius 1 is 0.616 bits per heavy atom. The van der Waals surface area contributed by atoms with Gasteiger partial charge in [-0.15, -0.1) is 6.58 Å². The Kier molecular flexibility index (Phi) is 39.9. The number of ether oxygens (including phenoxy) is 7. The van der Waals surface area contributed by atoms with Crippen LogP contribution < -0.4 is 9.47 Å². The number of unbranched alkanes of at least 4 members (excludes halogenated alkanes) is 7. The van der Waals surface area contributed by atoms with Crippen molar-refractivity contribution >= 4 is 52.2 Å². The summed E-state index contributed by atoms with van der Waals surface area (Å²) in [5.41, 5.74) is 1.29. The Morgan fingerprint density at radius 3 is 1.55 bits per heavy atom. The molecule has 0 fully saturated rings. The summed E-state index contributed by atoms with van der Waals surface area (Å²) in [6.07, 6.45) is 18.1. The molecule has 400 valence electrons. The highest BCUT2D eigenvalue weighted by atomic mass is 16.6. The summed E-state index contributed by atoms with van der Waals surface area (Å²) < 4.78 is 37.2. The maximum absolute atomic E-state index is 12.9. The summed E-state index contributed by atoms with van der Waals surface area (Å²) in [5, 5.41) is 3.75. The molecule has 0 unspecified atom stereocenters. The van der Waals surface area contributed by atoms with Crippen LogP contribution in [0.5, 0.6) is 11.5 Å². The van der Waals surface area contributed by atoms with E-state index in [0.717, 1.165) is 71.1 Å². The molecule has 0 saturated carbocycles. The van der Waals surface area contributed by atoms with Gasteiger partial charge in [0, 0.05) is 18.6 Å². The third-order valence-electron chi connectivity index (χ3n) is 10.1. The third kappa shape index (κ3) is 32.7. The molecule has 0 saturated heterocycles. The van der Waals surface area contributed by atoms with E-state index in [1.807, 2.05) is 68.4 Å². The summed E-state index contributed by atoms with van der Waals surface area (Å²) >= 11 is 0. The number of hydrogen-bond acceptors (Lipinski definition) is 12. The Balaban J connectivity index is 0.00000187. The van der Waals surface area contributed by atoms with Crippen molar-refractivity contribution in [3.63, 3.8) is 0 Å². The minimum atomic E-state index is -0.509. The molecule has 12 nitrogen and oxygen atoms in total. The number of allylic oxidation sites excluding steroid dienone is 3. The van der Waals surface area contributed by atoms with E-state index in [1.54, 1.807) is 37.3 Å². The topological polar surface area (TPSA) is 150 Å². The van der Waals surface area contributed by atoms with E-state index in [9.17, 15) is 19.2 Å². The number of fused-ring (bicyclic) bond motifs is 2. The van der Waals surface area contributed by atoms with Gasteiger partial charge in [0.25, 0.3) is 6.47 Å². The molecule has 0 atom stereocenters. The van der Waals surface area contributed by atoms with Gasteiger partial charge in [0.1, 0.15) is 30.2 Å². The van der Waals surface area contributed by atoms with E-state index >= 15 is 0 Å². The molecule has 0 aromatic heterocycles.